The molecule has 0 amide bonds. The topological polar surface area (TPSA) is 39.2 Å². The summed E-state index contributed by atoms with van der Waals surface area (Å²) in [5.74, 6) is 0.849. The van der Waals surface area contributed by atoms with Crippen molar-refractivity contribution in [1.29, 1.82) is 0 Å². The molecule has 0 unspecified atom stereocenters. The van der Waals surface area contributed by atoms with Crippen molar-refractivity contribution in [2.45, 2.75) is 0 Å². The summed E-state index contributed by atoms with van der Waals surface area (Å²) in [6.45, 7) is 0. The second kappa shape index (κ2) is 3.83. The van der Waals surface area contributed by atoms with Crippen LogP contribution in [0, 0.1) is 0 Å². The van der Waals surface area contributed by atoms with E-state index < -0.39 is 0 Å². The van der Waals surface area contributed by atoms with Crippen LogP contribution in [0.1, 0.15) is 11.3 Å². The molecule has 14 heavy (non-hydrogen) atoms. The summed E-state index contributed by atoms with van der Waals surface area (Å²) in [5.41, 5.74) is 7.46. The molecule has 1 aromatic heterocycles. The number of furan rings is 1. The summed E-state index contributed by atoms with van der Waals surface area (Å²) in [6, 6.07) is 11.5. The van der Waals surface area contributed by atoms with Gasteiger partial charge in [-0.25, -0.2) is 0 Å². The van der Waals surface area contributed by atoms with Crippen LogP contribution < -0.4 is 5.73 Å². The first-order valence-electron chi connectivity index (χ1n) is 4.42. The van der Waals surface area contributed by atoms with Crippen molar-refractivity contribution in [3.63, 3.8) is 0 Å². The van der Waals surface area contributed by atoms with E-state index in [0.717, 1.165) is 17.0 Å². The average Bonchev–Trinajstić information content (AvgIpc) is 2.70. The Morgan fingerprint density at radius 2 is 1.79 bits per heavy atom. The fourth-order valence-corrected chi connectivity index (χ4v) is 1.17. The maximum absolute atomic E-state index is 5.57. The van der Waals surface area contributed by atoms with E-state index >= 15 is 0 Å². The van der Waals surface area contributed by atoms with E-state index in [1.54, 1.807) is 6.26 Å². The Labute approximate surface area is 82.7 Å². The van der Waals surface area contributed by atoms with Crippen molar-refractivity contribution in [2.75, 3.05) is 5.73 Å². The Morgan fingerprint density at radius 1 is 1.00 bits per heavy atom. The van der Waals surface area contributed by atoms with Gasteiger partial charge in [0.1, 0.15) is 5.76 Å². The molecule has 2 N–H and O–H groups in total. The molecular formula is C12H11NO. The highest BCUT2D eigenvalue weighted by Crippen LogP contribution is 2.10. The van der Waals surface area contributed by atoms with Crippen molar-refractivity contribution < 1.29 is 4.42 Å². The summed E-state index contributed by atoms with van der Waals surface area (Å²) in [5, 5.41) is 0. The van der Waals surface area contributed by atoms with Gasteiger partial charge < -0.3 is 10.2 Å². The number of anilines is 1. The summed E-state index contributed by atoms with van der Waals surface area (Å²) < 4.78 is 5.17. The fraction of sp³-hybridized carbons (Fsp3) is 0. The number of benzene rings is 1. The van der Waals surface area contributed by atoms with Crippen LogP contribution in [0.5, 0.6) is 0 Å². The Balaban J connectivity index is 2.15. The minimum Gasteiger partial charge on any atom is -0.465 e. The quantitative estimate of drug-likeness (QED) is 0.730. The minimum absolute atomic E-state index is 0.778. The first-order valence-corrected chi connectivity index (χ1v) is 4.42. The third-order valence-electron chi connectivity index (χ3n) is 1.92. The van der Waals surface area contributed by atoms with Gasteiger partial charge in [-0.1, -0.05) is 18.2 Å². The lowest BCUT2D eigenvalue weighted by Crippen LogP contribution is -1.82. The molecule has 2 aromatic rings. The van der Waals surface area contributed by atoms with E-state index in [0.29, 0.717) is 0 Å². The highest BCUT2D eigenvalue weighted by molar-refractivity contribution is 5.68. The standard InChI is InChI=1S/C12H11NO/c13-11-6-3-10(4-7-11)5-8-12-2-1-9-14-12/h1-9H,13H2. The van der Waals surface area contributed by atoms with Gasteiger partial charge in [0.15, 0.2) is 0 Å². The molecule has 1 heterocycles. The lowest BCUT2D eigenvalue weighted by Gasteiger charge is -1.93. The molecule has 0 aliphatic heterocycles. The molecule has 0 fully saturated rings. The van der Waals surface area contributed by atoms with Gasteiger partial charge in [0.25, 0.3) is 0 Å². The second-order valence-corrected chi connectivity index (χ2v) is 3.02. The number of nitrogens with two attached hydrogens (primary N) is 1. The summed E-state index contributed by atoms with van der Waals surface area (Å²) in [4.78, 5) is 0. The zero-order valence-electron chi connectivity index (χ0n) is 7.68. The van der Waals surface area contributed by atoms with Crippen LogP contribution in [-0.2, 0) is 0 Å². The van der Waals surface area contributed by atoms with Crippen molar-refractivity contribution in [3.05, 3.63) is 54.0 Å². The molecule has 2 heteroatoms. The Kier molecular flexibility index (Phi) is 2.36. The van der Waals surface area contributed by atoms with Crippen molar-refractivity contribution in [2.24, 2.45) is 0 Å². The van der Waals surface area contributed by atoms with Crippen molar-refractivity contribution in [3.8, 4) is 0 Å². The maximum Gasteiger partial charge on any atom is 0.126 e. The van der Waals surface area contributed by atoms with Crippen molar-refractivity contribution in [1.82, 2.24) is 0 Å². The zero-order valence-corrected chi connectivity index (χ0v) is 7.68. The second-order valence-electron chi connectivity index (χ2n) is 3.02. The van der Waals surface area contributed by atoms with Gasteiger partial charge in [0.05, 0.1) is 6.26 Å². The fourth-order valence-electron chi connectivity index (χ4n) is 1.17. The Bertz CT molecular complexity index is 412. The van der Waals surface area contributed by atoms with Crippen LogP contribution in [0.3, 0.4) is 0 Å². The van der Waals surface area contributed by atoms with Crippen LogP contribution >= 0.6 is 0 Å². The van der Waals surface area contributed by atoms with Crippen LogP contribution in [0.25, 0.3) is 12.2 Å². The summed E-state index contributed by atoms with van der Waals surface area (Å²) in [7, 11) is 0. The number of nitrogen functional groups attached to an aromatic ring is 1. The monoisotopic (exact) mass is 185 g/mol. The molecule has 0 bridgehead atoms. The largest absolute Gasteiger partial charge is 0.465 e. The van der Waals surface area contributed by atoms with Gasteiger partial charge in [-0.05, 0) is 35.9 Å². The number of hydrogen-bond donors (Lipinski definition) is 1. The predicted octanol–water partition coefficient (Wildman–Crippen LogP) is 3.03. The lowest BCUT2D eigenvalue weighted by molar-refractivity contribution is 0.557. The molecule has 0 atom stereocenters. The van der Waals surface area contributed by atoms with E-state index in [9.17, 15) is 0 Å². The number of rotatable bonds is 2. The average molecular weight is 185 g/mol. The molecule has 0 saturated carbocycles. The first-order chi connectivity index (χ1) is 6.84. The molecule has 0 saturated heterocycles. The van der Waals surface area contributed by atoms with Crippen molar-refractivity contribution >= 4 is 17.8 Å². The van der Waals surface area contributed by atoms with E-state index in [2.05, 4.69) is 0 Å². The molecule has 70 valence electrons. The Morgan fingerprint density at radius 3 is 2.43 bits per heavy atom. The molecule has 1 aromatic carbocycles. The molecule has 2 rings (SSSR count). The normalized spacial score (nSPS) is 10.9. The van der Waals surface area contributed by atoms with E-state index in [-0.39, 0.29) is 0 Å². The van der Waals surface area contributed by atoms with E-state index in [1.165, 1.54) is 0 Å². The Hall–Kier alpha value is -1.96. The molecular weight excluding hydrogens is 174 g/mol. The third-order valence-corrected chi connectivity index (χ3v) is 1.92. The number of hydrogen-bond acceptors (Lipinski definition) is 2. The van der Waals surface area contributed by atoms with Gasteiger partial charge in [0, 0.05) is 5.69 Å². The smallest absolute Gasteiger partial charge is 0.126 e. The highest BCUT2D eigenvalue weighted by atomic mass is 16.3. The first kappa shape index (κ1) is 8.63. The van der Waals surface area contributed by atoms with Crippen LogP contribution in [0.15, 0.2) is 47.1 Å². The highest BCUT2D eigenvalue weighted by Gasteiger charge is 1.89. The van der Waals surface area contributed by atoms with Gasteiger partial charge in [-0.3, -0.25) is 0 Å². The molecule has 2 nitrogen and oxygen atoms in total. The minimum atomic E-state index is 0.778. The zero-order chi connectivity index (χ0) is 9.80. The molecule has 0 spiro atoms. The van der Waals surface area contributed by atoms with Gasteiger partial charge in [-0.15, -0.1) is 0 Å². The van der Waals surface area contributed by atoms with Crippen LogP contribution in [-0.4, -0.2) is 0 Å². The molecule has 0 radical (unpaired) electrons. The third kappa shape index (κ3) is 2.04. The van der Waals surface area contributed by atoms with Gasteiger partial charge in [-0.2, -0.15) is 0 Å². The van der Waals surface area contributed by atoms with Gasteiger partial charge >= 0.3 is 0 Å². The maximum atomic E-state index is 5.57. The van der Waals surface area contributed by atoms with Gasteiger partial charge in [0.2, 0.25) is 0 Å². The summed E-state index contributed by atoms with van der Waals surface area (Å²) >= 11 is 0. The van der Waals surface area contributed by atoms with Crippen LogP contribution in [0.4, 0.5) is 5.69 Å². The predicted molar refractivity (Wildman–Crippen MR) is 58.5 cm³/mol. The summed E-state index contributed by atoms with van der Waals surface area (Å²) in [6.07, 6.45) is 5.56. The van der Waals surface area contributed by atoms with Crippen LogP contribution in [0.2, 0.25) is 0 Å². The lowest BCUT2D eigenvalue weighted by atomic mass is 10.2. The molecule has 0 aliphatic carbocycles. The molecule has 0 aliphatic rings. The van der Waals surface area contributed by atoms with E-state index in [4.69, 9.17) is 10.2 Å². The van der Waals surface area contributed by atoms with E-state index in [1.807, 2.05) is 48.6 Å². The SMILES string of the molecule is Nc1ccc(C=Cc2ccco2)cc1.